The molecule has 11 aromatic rings. The minimum absolute atomic E-state index is 0.172. The largest absolute Gasteiger partial charge is 0.256 e. The molecular formula is C53H34N4. The highest BCUT2D eigenvalue weighted by atomic mass is 14.7. The summed E-state index contributed by atoms with van der Waals surface area (Å²) < 4.78 is 0. The van der Waals surface area contributed by atoms with E-state index in [4.69, 9.17) is 9.97 Å². The maximum atomic E-state index is 4.94. The SMILES string of the molecule is CC1(C)c2cc(-c3ccc(-c4cnc5ccccc5c4)nc3)ccc2-c2c1cc1ccc3c(-c4ccc(-c5cnc6ccccc6c5)nc4)ccc4ccc2c1c43. The molecule has 1 aliphatic rings. The zero-order valence-corrected chi connectivity index (χ0v) is 31.5. The molecule has 4 nitrogen and oxygen atoms in total. The van der Waals surface area contributed by atoms with Gasteiger partial charge in [-0.15, -0.1) is 0 Å². The Kier molecular flexibility index (Phi) is 6.65. The van der Waals surface area contributed by atoms with E-state index in [1.165, 1.54) is 65.7 Å². The van der Waals surface area contributed by atoms with Gasteiger partial charge in [0.05, 0.1) is 22.4 Å². The molecule has 1 aliphatic carbocycles. The summed E-state index contributed by atoms with van der Waals surface area (Å²) in [5.41, 5.74) is 15.6. The molecule has 266 valence electrons. The van der Waals surface area contributed by atoms with Crippen LogP contribution in [-0.4, -0.2) is 19.9 Å². The van der Waals surface area contributed by atoms with Crippen molar-refractivity contribution in [2.45, 2.75) is 19.3 Å². The van der Waals surface area contributed by atoms with Crippen LogP contribution in [0.3, 0.4) is 0 Å². The Hall–Kier alpha value is -7.30. The van der Waals surface area contributed by atoms with Gasteiger partial charge < -0.3 is 0 Å². The lowest BCUT2D eigenvalue weighted by molar-refractivity contribution is 0.661. The standard InChI is InChI=1S/C53H34N4/c1-53(2)44-25-32(36-15-21-48(54-27-36)38-23-33-7-3-5-9-46(33)56-29-38)13-19-42(44)52-43-20-12-31-11-17-40(41-18-14-35(26-45(52)53)51(43)50(31)41)37-16-22-49(55-28-37)39-24-34-8-4-6-10-47(34)57-30-39/h3-30H,1-2H3. The van der Waals surface area contributed by atoms with E-state index in [9.17, 15) is 0 Å². The number of benzene rings is 7. The minimum Gasteiger partial charge on any atom is -0.256 e. The molecule has 12 rings (SSSR count). The number of hydrogen-bond acceptors (Lipinski definition) is 4. The number of para-hydroxylation sites is 2. The van der Waals surface area contributed by atoms with Crippen LogP contribution in [0.25, 0.3) is 110 Å². The van der Waals surface area contributed by atoms with Gasteiger partial charge in [0, 0.05) is 63.2 Å². The van der Waals surface area contributed by atoms with Gasteiger partial charge in [0.1, 0.15) is 0 Å². The van der Waals surface area contributed by atoms with Crippen molar-refractivity contribution in [3.8, 4) is 55.9 Å². The van der Waals surface area contributed by atoms with Gasteiger partial charge in [-0.1, -0.05) is 111 Å². The van der Waals surface area contributed by atoms with E-state index in [-0.39, 0.29) is 5.41 Å². The van der Waals surface area contributed by atoms with Crippen LogP contribution in [0.15, 0.2) is 170 Å². The average molecular weight is 727 g/mol. The molecule has 0 saturated carbocycles. The van der Waals surface area contributed by atoms with Crippen molar-refractivity contribution < 1.29 is 0 Å². The Balaban J connectivity index is 0.935. The van der Waals surface area contributed by atoms with Crippen LogP contribution in [0, 0.1) is 0 Å². The molecule has 0 amide bonds. The first-order valence-electron chi connectivity index (χ1n) is 19.5. The Morgan fingerprint density at radius 2 is 0.930 bits per heavy atom. The topological polar surface area (TPSA) is 51.6 Å². The summed E-state index contributed by atoms with van der Waals surface area (Å²) in [6.07, 6.45) is 7.83. The summed E-state index contributed by atoms with van der Waals surface area (Å²) in [6.45, 7) is 4.74. The molecule has 0 aliphatic heterocycles. The van der Waals surface area contributed by atoms with Gasteiger partial charge >= 0.3 is 0 Å². The van der Waals surface area contributed by atoms with E-state index < -0.39 is 0 Å². The average Bonchev–Trinajstić information content (AvgIpc) is 3.50. The van der Waals surface area contributed by atoms with E-state index in [1.54, 1.807) is 0 Å². The third kappa shape index (κ3) is 4.80. The highest BCUT2D eigenvalue weighted by Gasteiger charge is 2.37. The fourth-order valence-electron chi connectivity index (χ4n) is 9.40. The molecule has 0 fully saturated rings. The van der Waals surface area contributed by atoms with E-state index in [0.717, 1.165) is 55.4 Å². The number of fused-ring (bicyclic) bond motifs is 6. The second kappa shape index (κ2) is 11.8. The fourth-order valence-corrected chi connectivity index (χ4v) is 9.40. The first-order valence-corrected chi connectivity index (χ1v) is 19.5. The molecule has 0 unspecified atom stereocenters. The van der Waals surface area contributed by atoms with E-state index in [2.05, 4.69) is 133 Å². The highest BCUT2D eigenvalue weighted by Crippen LogP contribution is 2.54. The predicted molar refractivity (Wildman–Crippen MR) is 236 cm³/mol. The van der Waals surface area contributed by atoms with Gasteiger partial charge in [-0.2, -0.15) is 0 Å². The van der Waals surface area contributed by atoms with Crippen molar-refractivity contribution >= 4 is 54.1 Å². The maximum Gasteiger partial charge on any atom is 0.0718 e. The third-order valence-electron chi connectivity index (χ3n) is 12.4. The van der Waals surface area contributed by atoms with Crippen LogP contribution in [0.5, 0.6) is 0 Å². The van der Waals surface area contributed by atoms with Crippen LogP contribution < -0.4 is 0 Å². The monoisotopic (exact) mass is 726 g/mol. The quantitative estimate of drug-likeness (QED) is 0.169. The molecule has 4 heteroatoms. The zero-order chi connectivity index (χ0) is 37.8. The van der Waals surface area contributed by atoms with Crippen molar-refractivity contribution in [3.63, 3.8) is 0 Å². The molecule has 0 atom stereocenters. The molecule has 0 N–H and O–H groups in total. The van der Waals surface area contributed by atoms with Crippen LogP contribution in [-0.2, 0) is 5.41 Å². The van der Waals surface area contributed by atoms with Crippen molar-refractivity contribution in [2.75, 3.05) is 0 Å². The van der Waals surface area contributed by atoms with Gasteiger partial charge in [-0.25, -0.2) is 0 Å². The van der Waals surface area contributed by atoms with Crippen molar-refractivity contribution in [1.29, 1.82) is 0 Å². The molecule has 4 aromatic heterocycles. The summed E-state index contributed by atoms with van der Waals surface area (Å²) in [4.78, 5) is 19.2. The summed E-state index contributed by atoms with van der Waals surface area (Å²) in [6, 6.07) is 52.6. The summed E-state index contributed by atoms with van der Waals surface area (Å²) in [7, 11) is 0. The highest BCUT2D eigenvalue weighted by molar-refractivity contribution is 6.28. The van der Waals surface area contributed by atoms with Crippen molar-refractivity contribution in [2.24, 2.45) is 0 Å². The van der Waals surface area contributed by atoms with Gasteiger partial charge in [0.2, 0.25) is 0 Å². The van der Waals surface area contributed by atoms with Gasteiger partial charge in [0.15, 0.2) is 0 Å². The fraction of sp³-hybridized carbons (Fsp3) is 0.0566. The first-order chi connectivity index (χ1) is 28.0. The number of nitrogens with zero attached hydrogens (tertiary/aromatic N) is 4. The Bertz CT molecular complexity index is 3420. The molecular weight excluding hydrogens is 693 g/mol. The molecule has 0 spiro atoms. The lowest BCUT2D eigenvalue weighted by Crippen LogP contribution is -2.15. The predicted octanol–water partition coefficient (Wildman–Crippen LogP) is 13.4. The maximum absolute atomic E-state index is 4.94. The lowest BCUT2D eigenvalue weighted by Gasteiger charge is -2.23. The molecule has 0 saturated heterocycles. The lowest BCUT2D eigenvalue weighted by atomic mass is 9.80. The van der Waals surface area contributed by atoms with E-state index in [0.29, 0.717) is 0 Å². The molecule has 0 radical (unpaired) electrons. The number of rotatable bonds is 4. The second-order valence-corrected chi connectivity index (χ2v) is 15.9. The number of pyridine rings is 4. The molecule has 7 aromatic carbocycles. The van der Waals surface area contributed by atoms with Crippen LogP contribution in [0.4, 0.5) is 0 Å². The summed E-state index contributed by atoms with van der Waals surface area (Å²) >= 11 is 0. The first kappa shape index (κ1) is 32.0. The number of hydrogen-bond donors (Lipinski definition) is 0. The zero-order valence-electron chi connectivity index (χ0n) is 31.5. The smallest absolute Gasteiger partial charge is 0.0718 e. The number of aromatic nitrogens is 4. The molecule has 57 heavy (non-hydrogen) atoms. The van der Waals surface area contributed by atoms with E-state index >= 15 is 0 Å². The second-order valence-electron chi connectivity index (χ2n) is 15.9. The summed E-state index contributed by atoms with van der Waals surface area (Å²) in [5.74, 6) is 0. The van der Waals surface area contributed by atoms with Gasteiger partial charge in [-0.3, -0.25) is 19.9 Å². The Morgan fingerprint density at radius 1 is 0.368 bits per heavy atom. The van der Waals surface area contributed by atoms with Crippen LogP contribution in [0.1, 0.15) is 25.0 Å². The molecule has 0 bridgehead atoms. The molecule has 4 heterocycles. The van der Waals surface area contributed by atoms with Crippen LogP contribution in [0.2, 0.25) is 0 Å². The van der Waals surface area contributed by atoms with Crippen LogP contribution >= 0.6 is 0 Å². The van der Waals surface area contributed by atoms with E-state index in [1.807, 2.05) is 61.2 Å². The summed E-state index contributed by atoms with van der Waals surface area (Å²) in [5, 5.41) is 9.95. The van der Waals surface area contributed by atoms with Gasteiger partial charge in [0.25, 0.3) is 0 Å². The van der Waals surface area contributed by atoms with Crippen molar-refractivity contribution in [3.05, 3.63) is 182 Å². The van der Waals surface area contributed by atoms with Gasteiger partial charge in [-0.05, 0) is 114 Å². The third-order valence-corrected chi connectivity index (χ3v) is 12.4. The van der Waals surface area contributed by atoms with Crippen molar-refractivity contribution in [1.82, 2.24) is 19.9 Å². The normalized spacial score (nSPS) is 13.2. The minimum atomic E-state index is -0.172. The Morgan fingerprint density at radius 3 is 1.61 bits per heavy atom. The Labute approximate surface area is 329 Å².